The number of nitrogen functional groups attached to an aromatic ring is 1. The molecule has 0 bridgehead atoms. The number of esters is 2. The number of nitrogens with two attached hydrogens (primary N) is 1. The molecule has 4 N–H and O–H groups in total. The lowest BCUT2D eigenvalue weighted by Crippen LogP contribution is -2.43. The maximum Gasteiger partial charge on any atom is 0.342 e. The van der Waals surface area contributed by atoms with E-state index in [-0.39, 0.29) is 38.1 Å². The predicted molar refractivity (Wildman–Crippen MR) is 169 cm³/mol. The van der Waals surface area contributed by atoms with Crippen molar-refractivity contribution >= 4 is 43.0 Å². The van der Waals surface area contributed by atoms with Crippen LogP contribution >= 0.6 is 7.67 Å². The molecule has 0 spiro atoms. The second-order valence-corrected chi connectivity index (χ2v) is 13.5. The summed E-state index contributed by atoms with van der Waals surface area (Å²) in [6.07, 6.45) is 5.94. The van der Waals surface area contributed by atoms with Gasteiger partial charge in [0, 0.05) is 0 Å². The van der Waals surface area contributed by atoms with Gasteiger partial charge in [-0.05, 0) is 40.0 Å². The van der Waals surface area contributed by atoms with Crippen molar-refractivity contribution in [3.05, 3.63) is 6.33 Å². The van der Waals surface area contributed by atoms with Crippen molar-refractivity contribution in [1.82, 2.24) is 29.7 Å². The number of methoxy groups -OCH3 is 1. The van der Waals surface area contributed by atoms with Crippen molar-refractivity contribution in [2.24, 2.45) is 5.41 Å². The number of hydrogen-bond donors (Lipinski definition) is 3. The fourth-order valence-corrected chi connectivity index (χ4v) is 6.83. The summed E-state index contributed by atoms with van der Waals surface area (Å²) in [5.41, 5.74) is 5.44. The van der Waals surface area contributed by atoms with Gasteiger partial charge in [0.2, 0.25) is 11.8 Å². The van der Waals surface area contributed by atoms with Gasteiger partial charge >= 0.3 is 19.6 Å². The van der Waals surface area contributed by atoms with Gasteiger partial charge < -0.3 is 34.0 Å². The minimum atomic E-state index is -4.11. The van der Waals surface area contributed by atoms with E-state index in [1.165, 1.54) is 27.3 Å². The van der Waals surface area contributed by atoms with E-state index >= 15 is 0 Å². The standard InChI is InChI=1S/C29H48N7O9P/c1-7-9-11-13-42-25(38)19(3)34-46(40,35-20(4)26(39)43-14-12-10-8-2)44-16-21-15-29(5,17-37)27(45-21)36-18-31-22-23(36)32-28(30)33-24(22)41-6/h17-21,27H,7-16H2,1-6H3,(H2,30,32,33)(H2,34,35,40)/t19-,20-,21-,27+,29-/m0/s1. The van der Waals surface area contributed by atoms with Crippen LogP contribution in [0, 0.1) is 5.41 Å². The minimum Gasteiger partial charge on any atom is -0.479 e. The van der Waals surface area contributed by atoms with Gasteiger partial charge in [-0.25, -0.2) is 15.2 Å². The molecule has 0 aromatic carbocycles. The summed E-state index contributed by atoms with van der Waals surface area (Å²) < 4.78 is 43.7. The van der Waals surface area contributed by atoms with Crippen LogP contribution in [-0.2, 0) is 37.7 Å². The van der Waals surface area contributed by atoms with Crippen LogP contribution in [0.25, 0.3) is 11.2 Å². The number of fused-ring (bicyclic) bond motifs is 1. The number of anilines is 1. The van der Waals surface area contributed by atoms with E-state index in [0.717, 1.165) is 32.0 Å². The molecule has 1 saturated heterocycles. The Hall–Kier alpha value is -3.17. The maximum absolute atomic E-state index is 14.1. The van der Waals surface area contributed by atoms with Crippen LogP contribution in [-0.4, -0.2) is 82.9 Å². The Morgan fingerprint density at radius 1 is 1.11 bits per heavy atom. The first-order valence-corrected chi connectivity index (χ1v) is 17.3. The first kappa shape index (κ1) is 37.3. The van der Waals surface area contributed by atoms with Crippen LogP contribution in [0.5, 0.6) is 5.88 Å². The molecule has 5 atom stereocenters. The van der Waals surface area contributed by atoms with E-state index in [1.807, 2.05) is 13.8 Å². The molecule has 0 radical (unpaired) electrons. The van der Waals surface area contributed by atoms with Gasteiger partial charge in [-0.15, -0.1) is 0 Å². The van der Waals surface area contributed by atoms with E-state index in [9.17, 15) is 18.9 Å². The SMILES string of the molecule is CCCCCOC(=O)[C@H](C)NP(=O)(N[C@@H](C)C(=O)OCCCCC)OC[C@@H]1C[C@@](C)(C=O)[C@H](n2cnc3c(OC)nc(N)nc32)O1. The smallest absolute Gasteiger partial charge is 0.342 e. The highest BCUT2D eigenvalue weighted by Crippen LogP contribution is 2.47. The van der Waals surface area contributed by atoms with Gasteiger partial charge in [0.25, 0.3) is 0 Å². The Labute approximate surface area is 269 Å². The van der Waals surface area contributed by atoms with Gasteiger partial charge in [0.15, 0.2) is 11.2 Å². The zero-order valence-electron chi connectivity index (χ0n) is 27.5. The van der Waals surface area contributed by atoms with Crippen LogP contribution < -0.4 is 20.6 Å². The summed E-state index contributed by atoms with van der Waals surface area (Å²) in [7, 11) is -2.68. The quantitative estimate of drug-likeness (QED) is 0.0798. The number of aromatic nitrogens is 4. The molecule has 1 fully saturated rings. The molecule has 0 saturated carbocycles. The molecule has 258 valence electrons. The molecular weight excluding hydrogens is 621 g/mol. The normalized spacial score (nSPS) is 21.2. The second-order valence-electron chi connectivity index (χ2n) is 11.7. The third kappa shape index (κ3) is 9.67. The molecule has 2 aromatic rings. The molecule has 17 heteroatoms. The Morgan fingerprint density at radius 2 is 1.70 bits per heavy atom. The lowest BCUT2D eigenvalue weighted by Gasteiger charge is -2.27. The van der Waals surface area contributed by atoms with E-state index < -0.39 is 49.4 Å². The number of carbonyl (C=O) groups excluding carboxylic acids is 3. The van der Waals surface area contributed by atoms with E-state index in [4.69, 9.17) is 29.2 Å². The lowest BCUT2D eigenvalue weighted by atomic mass is 9.87. The Bertz CT molecular complexity index is 1340. The molecule has 2 aromatic heterocycles. The number of nitrogens with zero attached hydrogens (tertiary/aromatic N) is 4. The molecule has 3 heterocycles. The largest absolute Gasteiger partial charge is 0.479 e. The first-order chi connectivity index (χ1) is 21.9. The molecular formula is C29H48N7O9P. The molecule has 1 aliphatic heterocycles. The van der Waals surface area contributed by atoms with Gasteiger partial charge in [-0.2, -0.15) is 9.97 Å². The van der Waals surface area contributed by atoms with Crippen molar-refractivity contribution in [2.45, 2.75) is 104 Å². The van der Waals surface area contributed by atoms with Crippen LogP contribution in [0.2, 0.25) is 0 Å². The van der Waals surface area contributed by atoms with E-state index in [2.05, 4.69) is 25.1 Å². The van der Waals surface area contributed by atoms with Gasteiger partial charge in [-0.3, -0.25) is 18.7 Å². The minimum absolute atomic E-state index is 0.0501. The lowest BCUT2D eigenvalue weighted by molar-refractivity contribution is -0.145. The number of imidazole rings is 1. The molecule has 1 aliphatic rings. The van der Waals surface area contributed by atoms with Crippen LogP contribution in [0.15, 0.2) is 6.33 Å². The first-order valence-electron chi connectivity index (χ1n) is 15.7. The van der Waals surface area contributed by atoms with Gasteiger partial charge in [0.05, 0.1) is 44.8 Å². The number of nitrogens with one attached hydrogen (secondary N) is 2. The second kappa shape index (κ2) is 17.1. The third-order valence-electron chi connectivity index (χ3n) is 7.54. The topological polar surface area (TPSA) is 208 Å². The predicted octanol–water partition coefficient (Wildman–Crippen LogP) is 3.46. The summed E-state index contributed by atoms with van der Waals surface area (Å²) in [4.78, 5) is 50.3. The molecule has 0 aliphatic carbocycles. The molecule has 0 unspecified atom stereocenters. The van der Waals surface area contributed by atoms with Crippen molar-refractivity contribution in [3.63, 3.8) is 0 Å². The zero-order chi connectivity index (χ0) is 33.9. The summed E-state index contributed by atoms with van der Waals surface area (Å²) in [5.74, 6) is -1.12. The monoisotopic (exact) mass is 669 g/mol. The van der Waals surface area contributed by atoms with Gasteiger partial charge in [0.1, 0.15) is 24.6 Å². The van der Waals surface area contributed by atoms with Crippen molar-refractivity contribution < 1.29 is 42.4 Å². The number of rotatable bonds is 20. The average Bonchev–Trinajstić information content (AvgIpc) is 3.60. The fourth-order valence-electron chi connectivity index (χ4n) is 5.00. The summed E-state index contributed by atoms with van der Waals surface area (Å²) in [6.45, 7) is 8.95. The zero-order valence-corrected chi connectivity index (χ0v) is 28.4. The van der Waals surface area contributed by atoms with Crippen LogP contribution in [0.4, 0.5) is 5.95 Å². The maximum atomic E-state index is 14.1. The number of unbranched alkanes of at least 4 members (excludes halogenated alkanes) is 4. The Morgan fingerprint density at radius 3 is 2.22 bits per heavy atom. The Balaban J connectivity index is 1.77. The van der Waals surface area contributed by atoms with Crippen LogP contribution in [0.3, 0.4) is 0 Å². The van der Waals surface area contributed by atoms with Crippen molar-refractivity contribution in [2.75, 3.05) is 32.7 Å². The van der Waals surface area contributed by atoms with Crippen LogP contribution in [0.1, 0.15) is 85.8 Å². The molecule has 46 heavy (non-hydrogen) atoms. The summed E-state index contributed by atoms with van der Waals surface area (Å²) >= 11 is 0. The highest BCUT2D eigenvalue weighted by atomic mass is 31.2. The summed E-state index contributed by atoms with van der Waals surface area (Å²) in [5, 5.41) is 5.38. The summed E-state index contributed by atoms with van der Waals surface area (Å²) in [6, 6.07) is -2.08. The Kier molecular flexibility index (Phi) is 13.9. The highest BCUT2D eigenvalue weighted by Gasteiger charge is 2.48. The third-order valence-corrected chi connectivity index (χ3v) is 9.50. The molecule has 3 rings (SSSR count). The highest BCUT2D eigenvalue weighted by molar-refractivity contribution is 7.54. The number of carbonyl (C=O) groups is 3. The number of aldehydes is 1. The van der Waals surface area contributed by atoms with E-state index in [0.29, 0.717) is 24.0 Å². The molecule has 16 nitrogen and oxygen atoms in total. The van der Waals surface area contributed by atoms with E-state index in [1.54, 1.807) is 11.5 Å². The van der Waals surface area contributed by atoms with Crippen molar-refractivity contribution in [1.29, 1.82) is 0 Å². The average molecular weight is 670 g/mol. The molecule has 0 amide bonds. The number of hydrogen-bond acceptors (Lipinski definition) is 13. The van der Waals surface area contributed by atoms with Crippen molar-refractivity contribution in [3.8, 4) is 5.88 Å². The van der Waals surface area contributed by atoms with Gasteiger partial charge in [-0.1, -0.05) is 39.5 Å². The number of ether oxygens (including phenoxy) is 4. The fraction of sp³-hybridized carbons (Fsp3) is 0.724.